The van der Waals surface area contributed by atoms with Crippen molar-refractivity contribution < 1.29 is 9.90 Å². The van der Waals surface area contributed by atoms with Crippen LogP contribution in [-0.4, -0.2) is 15.6 Å². The average Bonchev–Trinajstić information content (AvgIpc) is 2.88. The van der Waals surface area contributed by atoms with Crippen molar-refractivity contribution >= 4 is 11.6 Å². The Morgan fingerprint density at radius 1 is 1.29 bits per heavy atom. The molecule has 4 heteroatoms. The third-order valence-electron chi connectivity index (χ3n) is 3.49. The standard InChI is InChI=1S/C17H22N2O2/c1-12(2)17(21)14-8-9-19(10-14)11-16(20)18-15-7-5-4-6-13(15)3/h4-10,12,17,21H,11H2,1-3H3,(H,18,20). The van der Waals surface area contributed by atoms with Gasteiger partial charge in [-0.2, -0.15) is 0 Å². The molecular weight excluding hydrogens is 264 g/mol. The number of carbonyl (C=O) groups excluding carboxylic acids is 1. The number of rotatable bonds is 5. The first-order valence-corrected chi connectivity index (χ1v) is 7.16. The molecule has 0 fully saturated rings. The first-order chi connectivity index (χ1) is 9.97. The Balaban J connectivity index is 1.99. The summed E-state index contributed by atoms with van der Waals surface area (Å²) in [7, 11) is 0. The quantitative estimate of drug-likeness (QED) is 0.887. The number of aryl methyl sites for hydroxylation is 1. The largest absolute Gasteiger partial charge is 0.388 e. The lowest BCUT2D eigenvalue weighted by Crippen LogP contribution is -2.18. The number of hydrogen-bond donors (Lipinski definition) is 2. The van der Waals surface area contributed by atoms with E-state index in [9.17, 15) is 9.90 Å². The summed E-state index contributed by atoms with van der Waals surface area (Å²) >= 11 is 0. The van der Waals surface area contributed by atoms with Crippen molar-refractivity contribution in [2.24, 2.45) is 5.92 Å². The Hall–Kier alpha value is -2.07. The van der Waals surface area contributed by atoms with Gasteiger partial charge in [0.15, 0.2) is 0 Å². The summed E-state index contributed by atoms with van der Waals surface area (Å²) in [6, 6.07) is 9.54. The molecule has 0 radical (unpaired) electrons. The van der Waals surface area contributed by atoms with Gasteiger partial charge < -0.3 is 15.0 Å². The van der Waals surface area contributed by atoms with Crippen LogP contribution in [0.1, 0.15) is 31.1 Å². The summed E-state index contributed by atoms with van der Waals surface area (Å²) in [4.78, 5) is 12.1. The molecule has 2 aromatic rings. The molecule has 1 aromatic carbocycles. The normalized spacial score (nSPS) is 12.4. The monoisotopic (exact) mass is 286 g/mol. The van der Waals surface area contributed by atoms with E-state index in [-0.39, 0.29) is 18.4 Å². The molecule has 1 heterocycles. The second kappa shape index (κ2) is 6.59. The third kappa shape index (κ3) is 3.95. The molecule has 1 atom stereocenters. The highest BCUT2D eigenvalue weighted by Gasteiger charge is 2.14. The Morgan fingerprint density at radius 3 is 2.67 bits per heavy atom. The molecule has 112 valence electrons. The van der Waals surface area contributed by atoms with Gasteiger partial charge in [0.05, 0.1) is 6.10 Å². The zero-order valence-electron chi connectivity index (χ0n) is 12.7. The van der Waals surface area contributed by atoms with E-state index in [0.717, 1.165) is 16.8 Å². The van der Waals surface area contributed by atoms with Crippen molar-refractivity contribution in [3.05, 3.63) is 53.9 Å². The number of nitrogens with one attached hydrogen (secondary N) is 1. The van der Waals surface area contributed by atoms with E-state index in [0.29, 0.717) is 0 Å². The van der Waals surface area contributed by atoms with Crippen molar-refractivity contribution in [2.75, 3.05) is 5.32 Å². The number of aromatic nitrogens is 1. The first kappa shape index (κ1) is 15.3. The minimum absolute atomic E-state index is 0.0783. The smallest absolute Gasteiger partial charge is 0.244 e. The van der Waals surface area contributed by atoms with Crippen LogP contribution in [0.2, 0.25) is 0 Å². The maximum absolute atomic E-state index is 12.1. The Kier molecular flexibility index (Phi) is 4.81. The second-order valence-corrected chi connectivity index (χ2v) is 5.67. The van der Waals surface area contributed by atoms with Crippen LogP contribution in [0.25, 0.3) is 0 Å². The maximum Gasteiger partial charge on any atom is 0.244 e. The van der Waals surface area contributed by atoms with E-state index < -0.39 is 6.10 Å². The van der Waals surface area contributed by atoms with Gasteiger partial charge in [0, 0.05) is 18.1 Å². The van der Waals surface area contributed by atoms with Crippen molar-refractivity contribution in [1.29, 1.82) is 0 Å². The van der Waals surface area contributed by atoms with Crippen molar-refractivity contribution in [2.45, 2.75) is 33.4 Å². The number of nitrogens with zero attached hydrogens (tertiary/aromatic N) is 1. The second-order valence-electron chi connectivity index (χ2n) is 5.67. The lowest BCUT2D eigenvalue weighted by Gasteiger charge is -2.12. The highest BCUT2D eigenvalue weighted by atomic mass is 16.3. The van der Waals surface area contributed by atoms with E-state index in [4.69, 9.17) is 0 Å². The molecule has 1 amide bonds. The number of amides is 1. The van der Waals surface area contributed by atoms with Gasteiger partial charge in [0.25, 0.3) is 0 Å². The number of aliphatic hydroxyl groups is 1. The molecule has 0 saturated heterocycles. The molecule has 0 aliphatic carbocycles. The average molecular weight is 286 g/mol. The molecular formula is C17H22N2O2. The van der Waals surface area contributed by atoms with Crippen molar-refractivity contribution in [3.8, 4) is 0 Å². The molecule has 0 saturated carbocycles. The summed E-state index contributed by atoms with van der Waals surface area (Å²) in [5.74, 6) is 0.0760. The van der Waals surface area contributed by atoms with E-state index in [1.807, 2.05) is 63.5 Å². The number of anilines is 1. The Bertz CT molecular complexity index is 617. The van der Waals surface area contributed by atoms with Gasteiger partial charge in [-0.25, -0.2) is 0 Å². The molecule has 4 nitrogen and oxygen atoms in total. The number of benzene rings is 1. The minimum Gasteiger partial charge on any atom is -0.388 e. The molecule has 2 rings (SSSR count). The van der Waals surface area contributed by atoms with Crippen LogP contribution in [0.15, 0.2) is 42.7 Å². The van der Waals surface area contributed by atoms with Gasteiger partial charge in [0.2, 0.25) is 5.91 Å². The van der Waals surface area contributed by atoms with Crippen LogP contribution >= 0.6 is 0 Å². The number of hydrogen-bond acceptors (Lipinski definition) is 2. The highest BCUT2D eigenvalue weighted by molar-refractivity contribution is 5.91. The fourth-order valence-electron chi connectivity index (χ4n) is 2.19. The summed E-state index contributed by atoms with van der Waals surface area (Å²) in [5, 5.41) is 12.9. The highest BCUT2D eigenvalue weighted by Crippen LogP contribution is 2.21. The first-order valence-electron chi connectivity index (χ1n) is 7.16. The van der Waals surface area contributed by atoms with Crippen LogP contribution in [0, 0.1) is 12.8 Å². The molecule has 2 N–H and O–H groups in total. The van der Waals surface area contributed by atoms with Crippen molar-refractivity contribution in [1.82, 2.24) is 4.57 Å². The topological polar surface area (TPSA) is 54.3 Å². The van der Waals surface area contributed by atoms with E-state index in [1.54, 1.807) is 4.57 Å². The summed E-state index contributed by atoms with van der Waals surface area (Å²) in [6.45, 7) is 6.13. The van der Waals surface area contributed by atoms with Crippen molar-refractivity contribution in [3.63, 3.8) is 0 Å². The predicted molar refractivity (Wildman–Crippen MR) is 84.0 cm³/mol. The fraction of sp³-hybridized carbons (Fsp3) is 0.353. The summed E-state index contributed by atoms with van der Waals surface area (Å²) in [6.07, 6.45) is 3.14. The Morgan fingerprint density at radius 2 is 2.00 bits per heavy atom. The number of aliphatic hydroxyl groups excluding tert-OH is 1. The van der Waals surface area contributed by atoms with E-state index >= 15 is 0 Å². The molecule has 0 aliphatic heterocycles. The van der Waals surface area contributed by atoms with Gasteiger partial charge >= 0.3 is 0 Å². The SMILES string of the molecule is Cc1ccccc1NC(=O)Cn1ccc(C(O)C(C)C)c1. The summed E-state index contributed by atoms with van der Waals surface area (Å²) < 4.78 is 1.79. The molecule has 0 spiro atoms. The van der Waals surface area contributed by atoms with Gasteiger partial charge in [0.1, 0.15) is 6.54 Å². The van der Waals surface area contributed by atoms with Gasteiger partial charge in [-0.1, -0.05) is 32.0 Å². The Labute approximate surface area is 125 Å². The molecule has 1 aromatic heterocycles. The van der Waals surface area contributed by atoms with Crippen LogP contribution in [0.5, 0.6) is 0 Å². The van der Waals surface area contributed by atoms with Gasteiger partial charge in [-0.05, 0) is 36.1 Å². The van der Waals surface area contributed by atoms with E-state index in [2.05, 4.69) is 5.32 Å². The molecule has 21 heavy (non-hydrogen) atoms. The zero-order valence-corrected chi connectivity index (χ0v) is 12.7. The van der Waals surface area contributed by atoms with Crippen LogP contribution in [0.4, 0.5) is 5.69 Å². The predicted octanol–water partition coefficient (Wildman–Crippen LogP) is 3.12. The lowest BCUT2D eigenvalue weighted by molar-refractivity contribution is -0.116. The molecule has 0 bridgehead atoms. The van der Waals surface area contributed by atoms with Crippen LogP contribution in [-0.2, 0) is 11.3 Å². The number of para-hydroxylation sites is 1. The lowest BCUT2D eigenvalue weighted by atomic mass is 10.0. The minimum atomic E-state index is -0.495. The summed E-state index contributed by atoms with van der Waals surface area (Å²) in [5.41, 5.74) is 2.71. The maximum atomic E-state index is 12.1. The third-order valence-corrected chi connectivity index (χ3v) is 3.49. The number of carbonyl (C=O) groups is 1. The van der Waals surface area contributed by atoms with E-state index in [1.165, 1.54) is 0 Å². The van der Waals surface area contributed by atoms with Crippen LogP contribution < -0.4 is 5.32 Å². The zero-order chi connectivity index (χ0) is 15.4. The van der Waals surface area contributed by atoms with Gasteiger partial charge in [-0.3, -0.25) is 4.79 Å². The molecule has 0 aliphatic rings. The fourth-order valence-corrected chi connectivity index (χ4v) is 2.19. The molecule has 1 unspecified atom stereocenters. The van der Waals surface area contributed by atoms with Gasteiger partial charge in [-0.15, -0.1) is 0 Å². The van der Waals surface area contributed by atoms with Crippen LogP contribution in [0.3, 0.4) is 0 Å².